The maximum atomic E-state index is 5.49. The normalized spacial score (nSPS) is 11.5. The standard InChI is InChI=1S/C62H39N5S/c1-6-19-40(20-7-1)44-35-45(41-21-8-2-9-22-41)37-46(36-44)47-38-53(62-65-60(42-23-10-3-11-24-42)64-61(66-62)43-25-12-4-13-26-43)57(63-39-47)52-31-18-30-51-56-55(68-59(51)52)34-33-50-49-29-16-17-32-54(49)67(58(50)56)48-27-14-5-15-28-48/h1-39H. The number of hydrogen-bond acceptors (Lipinski definition) is 5. The van der Waals surface area contributed by atoms with E-state index in [1.54, 1.807) is 0 Å². The zero-order valence-electron chi connectivity index (χ0n) is 36.7. The van der Waals surface area contributed by atoms with Crippen LogP contribution in [0.5, 0.6) is 0 Å². The molecule has 0 saturated carbocycles. The number of thiophene rings is 1. The second kappa shape index (κ2) is 16.5. The fourth-order valence-corrected chi connectivity index (χ4v) is 10.9. The minimum atomic E-state index is 0.550. The third-order valence-corrected chi connectivity index (χ3v) is 14.1. The van der Waals surface area contributed by atoms with Crippen LogP contribution in [0.4, 0.5) is 0 Å². The zero-order chi connectivity index (χ0) is 45.0. The lowest BCUT2D eigenvalue weighted by atomic mass is 9.92. The van der Waals surface area contributed by atoms with E-state index in [0.717, 1.165) is 71.7 Å². The highest BCUT2D eigenvalue weighted by Crippen LogP contribution is 2.47. The summed E-state index contributed by atoms with van der Waals surface area (Å²) in [6.07, 6.45) is 2.02. The summed E-state index contributed by atoms with van der Waals surface area (Å²) in [6.45, 7) is 0. The van der Waals surface area contributed by atoms with Crippen molar-refractivity contribution >= 4 is 53.3 Å². The van der Waals surface area contributed by atoms with Crippen molar-refractivity contribution in [2.24, 2.45) is 0 Å². The predicted molar refractivity (Wildman–Crippen MR) is 283 cm³/mol. The van der Waals surface area contributed by atoms with Crippen molar-refractivity contribution < 1.29 is 0 Å². The Bertz CT molecular complexity index is 3880. The summed E-state index contributed by atoms with van der Waals surface area (Å²) in [4.78, 5) is 21.2. The van der Waals surface area contributed by atoms with E-state index >= 15 is 0 Å². The molecule has 4 aromatic heterocycles. The molecular weight excluding hydrogens is 847 g/mol. The summed E-state index contributed by atoms with van der Waals surface area (Å²) in [5.41, 5.74) is 14.5. The lowest BCUT2D eigenvalue weighted by Gasteiger charge is -2.15. The van der Waals surface area contributed by atoms with E-state index in [9.17, 15) is 0 Å². The van der Waals surface area contributed by atoms with Crippen LogP contribution in [0.3, 0.4) is 0 Å². The van der Waals surface area contributed by atoms with Crippen molar-refractivity contribution in [2.75, 3.05) is 0 Å². The zero-order valence-corrected chi connectivity index (χ0v) is 37.5. The molecule has 0 radical (unpaired) electrons. The first-order valence-corrected chi connectivity index (χ1v) is 23.6. The van der Waals surface area contributed by atoms with Crippen LogP contribution >= 0.6 is 11.3 Å². The molecule has 0 unspecified atom stereocenters. The van der Waals surface area contributed by atoms with Crippen LogP contribution < -0.4 is 0 Å². The number of para-hydroxylation sites is 2. The van der Waals surface area contributed by atoms with Gasteiger partial charge in [-0.2, -0.15) is 0 Å². The molecule has 0 aliphatic rings. The molecule has 0 bridgehead atoms. The van der Waals surface area contributed by atoms with Gasteiger partial charge in [-0.25, -0.2) is 15.0 Å². The van der Waals surface area contributed by atoms with Gasteiger partial charge in [-0.1, -0.05) is 182 Å². The Morgan fingerprint density at radius 1 is 0.353 bits per heavy atom. The number of nitrogens with zero attached hydrogens (tertiary/aromatic N) is 5. The van der Waals surface area contributed by atoms with Crippen molar-refractivity contribution in [2.45, 2.75) is 0 Å². The lowest BCUT2D eigenvalue weighted by molar-refractivity contribution is 1.07. The molecule has 5 nitrogen and oxygen atoms in total. The van der Waals surface area contributed by atoms with Crippen LogP contribution in [0, 0.1) is 0 Å². The minimum Gasteiger partial charge on any atom is -0.309 e. The third-order valence-electron chi connectivity index (χ3n) is 12.9. The molecule has 0 atom stereocenters. The largest absolute Gasteiger partial charge is 0.309 e. The molecule has 6 heteroatoms. The summed E-state index contributed by atoms with van der Waals surface area (Å²) >= 11 is 1.81. The van der Waals surface area contributed by atoms with E-state index in [-0.39, 0.29) is 0 Å². The molecule has 0 amide bonds. The number of aromatic nitrogens is 5. The van der Waals surface area contributed by atoms with Gasteiger partial charge >= 0.3 is 0 Å². The van der Waals surface area contributed by atoms with E-state index in [0.29, 0.717) is 17.5 Å². The van der Waals surface area contributed by atoms with Crippen molar-refractivity contribution in [1.82, 2.24) is 24.5 Å². The van der Waals surface area contributed by atoms with Crippen molar-refractivity contribution in [3.05, 3.63) is 237 Å². The summed E-state index contributed by atoms with van der Waals surface area (Å²) in [7, 11) is 0. The van der Waals surface area contributed by atoms with Gasteiger partial charge in [0.1, 0.15) is 0 Å². The number of pyridine rings is 1. The van der Waals surface area contributed by atoms with Gasteiger partial charge in [-0.15, -0.1) is 11.3 Å². The topological polar surface area (TPSA) is 56.5 Å². The molecule has 68 heavy (non-hydrogen) atoms. The van der Waals surface area contributed by atoms with Crippen LogP contribution in [-0.2, 0) is 0 Å². The molecule has 0 saturated heterocycles. The molecule has 0 aliphatic carbocycles. The molecule has 4 heterocycles. The molecule has 318 valence electrons. The van der Waals surface area contributed by atoms with E-state index in [1.807, 2.05) is 53.9 Å². The lowest BCUT2D eigenvalue weighted by Crippen LogP contribution is -2.02. The van der Waals surface area contributed by atoms with Gasteiger partial charge in [0.2, 0.25) is 0 Å². The van der Waals surface area contributed by atoms with E-state index in [2.05, 4.69) is 199 Å². The summed E-state index contributed by atoms with van der Waals surface area (Å²) in [5.74, 6) is 1.74. The van der Waals surface area contributed by atoms with Gasteiger partial charge in [-0.3, -0.25) is 4.98 Å². The number of fused-ring (bicyclic) bond motifs is 7. The molecule has 9 aromatic carbocycles. The van der Waals surface area contributed by atoms with Crippen molar-refractivity contribution in [1.29, 1.82) is 0 Å². The molecule has 0 fully saturated rings. The Labute approximate surface area is 397 Å². The van der Waals surface area contributed by atoms with Crippen molar-refractivity contribution in [3.63, 3.8) is 0 Å². The monoisotopic (exact) mass is 885 g/mol. The van der Waals surface area contributed by atoms with Crippen LogP contribution in [0.2, 0.25) is 0 Å². The molecule has 0 spiro atoms. The van der Waals surface area contributed by atoms with Crippen LogP contribution in [0.25, 0.3) is 126 Å². The van der Waals surface area contributed by atoms with Crippen molar-refractivity contribution in [3.8, 4) is 84.5 Å². The number of benzene rings is 9. The minimum absolute atomic E-state index is 0.550. The van der Waals surface area contributed by atoms with Crippen LogP contribution in [0.1, 0.15) is 0 Å². The van der Waals surface area contributed by atoms with E-state index in [1.165, 1.54) is 37.3 Å². The van der Waals surface area contributed by atoms with Gasteiger partial charge in [0.25, 0.3) is 0 Å². The predicted octanol–water partition coefficient (Wildman–Crippen LogP) is 16.4. The van der Waals surface area contributed by atoms with Gasteiger partial charge in [0, 0.05) is 70.6 Å². The summed E-state index contributed by atoms with van der Waals surface area (Å²) < 4.78 is 4.79. The maximum Gasteiger partial charge on any atom is 0.166 e. The van der Waals surface area contributed by atoms with Crippen LogP contribution in [-0.4, -0.2) is 24.5 Å². The highest BCUT2D eigenvalue weighted by Gasteiger charge is 2.23. The first kappa shape index (κ1) is 39.5. The highest BCUT2D eigenvalue weighted by molar-refractivity contribution is 7.26. The van der Waals surface area contributed by atoms with Gasteiger partial charge in [-0.05, 0) is 76.3 Å². The Balaban J connectivity index is 1.09. The highest BCUT2D eigenvalue weighted by atomic mass is 32.1. The maximum absolute atomic E-state index is 5.49. The number of rotatable bonds is 8. The fraction of sp³-hybridized carbons (Fsp3) is 0. The van der Waals surface area contributed by atoms with Gasteiger partial charge < -0.3 is 4.57 Å². The molecule has 13 rings (SSSR count). The second-order valence-corrected chi connectivity index (χ2v) is 18.0. The SMILES string of the molecule is c1ccc(-c2cc(-c3ccccc3)cc(-c3cnc(-c4cccc5c4sc4ccc6c7ccccc7n(-c7ccccc7)c6c45)c(-c4nc(-c5ccccc5)nc(-c5ccccc5)n4)c3)c2)cc1. The van der Waals surface area contributed by atoms with Crippen LogP contribution in [0.15, 0.2) is 237 Å². The summed E-state index contributed by atoms with van der Waals surface area (Å²) in [5, 5.41) is 4.86. The quantitative estimate of drug-likeness (QED) is 0.153. The average molecular weight is 886 g/mol. The smallest absolute Gasteiger partial charge is 0.166 e. The van der Waals surface area contributed by atoms with E-state index < -0.39 is 0 Å². The first-order valence-electron chi connectivity index (χ1n) is 22.8. The Morgan fingerprint density at radius 3 is 1.49 bits per heavy atom. The molecule has 13 aromatic rings. The first-order chi connectivity index (χ1) is 33.7. The summed E-state index contributed by atoms with van der Waals surface area (Å²) in [6, 6.07) is 81.2. The Hall–Kier alpha value is -8.84. The second-order valence-electron chi connectivity index (χ2n) is 17.0. The number of hydrogen-bond donors (Lipinski definition) is 0. The molecule has 0 N–H and O–H groups in total. The third kappa shape index (κ3) is 6.86. The van der Waals surface area contributed by atoms with E-state index in [4.69, 9.17) is 19.9 Å². The average Bonchev–Trinajstić information content (AvgIpc) is 3.98. The molecular formula is C62H39N5S. The fourth-order valence-electron chi connectivity index (χ4n) is 9.70. The Kier molecular flexibility index (Phi) is 9.62. The molecule has 0 aliphatic heterocycles. The van der Waals surface area contributed by atoms with Gasteiger partial charge in [0.05, 0.1) is 16.7 Å². The van der Waals surface area contributed by atoms with Gasteiger partial charge in [0.15, 0.2) is 17.5 Å². The Morgan fingerprint density at radius 2 is 0.868 bits per heavy atom.